The van der Waals surface area contributed by atoms with E-state index < -0.39 is 11.9 Å². The lowest BCUT2D eigenvalue weighted by atomic mass is 10.7. The molecule has 0 aromatic heterocycles. The summed E-state index contributed by atoms with van der Waals surface area (Å²) in [6, 6.07) is 0. The highest BCUT2D eigenvalue weighted by Gasteiger charge is 2.06. The maximum Gasteiger partial charge on any atom is 0.379 e. The molecule has 10 heavy (non-hydrogen) atoms. The second-order valence-electron chi connectivity index (χ2n) is 1.34. The van der Waals surface area contributed by atoms with E-state index in [1.54, 1.807) is 0 Å². The summed E-state index contributed by atoms with van der Waals surface area (Å²) in [6.45, 7) is -0.334. The van der Waals surface area contributed by atoms with Crippen molar-refractivity contribution in [2.45, 2.75) is 0 Å². The molecule has 5 heteroatoms. The highest BCUT2D eigenvalue weighted by Crippen LogP contribution is 1.78. The first-order chi connectivity index (χ1) is 4.70. The van der Waals surface area contributed by atoms with Crippen molar-refractivity contribution in [1.82, 2.24) is 0 Å². The number of carbonyl (C=O) groups is 3. The van der Waals surface area contributed by atoms with Gasteiger partial charge in [0.25, 0.3) is 0 Å². The van der Waals surface area contributed by atoms with E-state index >= 15 is 0 Å². The van der Waals surface area contributed by atoms with Crippen molar-refractivity contribution in [3.8, 4) is 0 Å². The molecule has 0 aliphatic heterocycles. The fraction of sp³-hybridized carbons (Fsp3) is 0.400. The molecule has 0 heterocycles. The van der Waals surface area contributed by atoms with E-state index in [1.165, 1.54) is 7.11 Å². The lowest BCUT2D eigenvalue weighted by Gasteiger charge is -1.94. The summed E-state index contributed by atoms with van der Waals surface area (Å²) >= 11 is 0. The largest absolute Gasteiger partial charge is 0.386 e. The van der Waals surface area contributed by atoms with E-state index in [4.69, 9.17) is 0 Å². The van der Waals surface area contributed by atoms with Crippen LogP contribution in [-0.4, -0.2) is 31.9 Å². The van der Waals surface area contributed by atoms with E-state index in [2.05, 4.69) is 9.47 Å². The normalized spacial score (nSPS) is 8.50. The molecule has 0 radical (unpaired) electrons. The van der Waals surface area contributed by atoms with Crippen LogP contribution in [0.3, 0.4) is 0 Å². The fourth-order valence-electron chi connectivity index (χ4n) is 0.284. The zero-order valence-corrected chi connectivity index (χ0v) is 5.33. The number of hydrogen-bond donors (Lipinski definition) is 0. The predicted octanol–water partition coefficient (Wildman–Crippen LogP) is -1.10. The van der Waals surface area contributed by atoms with Crippen molar-refractivity contribution in [2.75, 3.05) is 13.7 Å². The zero-order chi connectivity index (χ0) is 7.98. The molecule has 0 saturated heterocycles. The molecule has 0 amide bonds. The Bertz CT molecular complexity index is 150. The summed E-state index contributed by atoms with van der Waals surface area (Å²) in [5.74, 6) is -2.08. The molecule has 0 aliphatic carbocycles. The minimum Gasteiger partial charge on any atom is -0.386 e. The molecule has 0 aliphatic rings. The maximum atomic E-state index is 10.3. The predicted molar refractivity (Wildman–Crippen MR) is 29.0 cm³/mol. The van der Waals surface area contributed by atoms with Gasteiger partial charge in [0.1, 0.15) is 6.61 Å². The van der Waals surface area contributed by atoms with Crippen LogP contribution in [0.1, 0.15) is 0 Å². The van der Waals surface area contributed by atoms with Crippen molar-refractivity contribution in [3.05, 3.63) is 0 Å². The van der Waals surface area contributed by atoms with Gasteiger partial charge in [0.2, 0.25) is 6.29 Å². The van der Waals surface area contributed by atoms with Gasteiger partial charge in [-0.05, 0) is 0 Å². The van der Waals surface area contributed by atoms with Crippen LogP contribution in [0.5, 0.6) is 0 Å². The Hall–Kier alpha value is -1.23. The van der Waals surface area contributed by atoms with Crippen LogP contribution in [0.4, 0.5) is 0 Å². The first-order valence-corrected chi connectivity index (χ1v) is 2.39. The topological polar surface area (TPSA) is 69.7 Å². The van der Waals surface area contributed by atoms with Gasteiger partial charge in [0.15, 0.2) is 0 Å². The summed E-state index contributed by atoms with van der Waals surface area (Å²) < 4.78 is 8.18. The van der Waals surface area contributed by atoms with Gasteiger partial charge in [-0.25, -0.2) is 9.59 Å². The van der Waals surface area contributed by atoms with Crippen molar-refractivity contribution in [3.63, 3.8) is 0 Å². The van der Waals surface area contributed by atoms with Crippen LogP contribution in [0.15, 0.2) is 0 Å². The SMILES string of the molecule is COCC(=O)OC(=O)C=O. The fourth-order valence-corrected chi connectivity index (χ4v) is 0.284. The average molecular weight is 146 g/mol. The molecule has 0 atom stereocenters. The van der Waals surface area contributed by atoms with Crippen molar-refractivity contribution in [1.29, 1.82) is 0 Å². The van der Waals surface area contributed by atoms with Crippen LogP contribution in [0.2, 0.25) is 0 Å². The number of rotatable bonds is 3. The van der Waals surface area contributed by atoms with Crippen LogP contribution in [-0.2, 0) is 23.9 Å². The van der Waals surface area contributed by atoms with Crippen molar-refractivity contribution >= 4 is 18.2 Å². The minimum atomic E-state index is -1.21. The molecule has 56 valence electrons. The van der Waals surface area contributed by atoms with Crippen LogP contribution >= 0.6 is 0 Å². The molecule has 0 bridgehead atoms. The summed E-state index contributed by atoms with van der Waals surface area (Å²) in [5.41, 5.74) is 0. The molecule has 0 spiro atoms. The maximum absolute atomic E-state index is 10.3. The van der Waals surface area contributed by atoms with E-state index in [9.17, 15) is 14.4 Å². The van der Waals surface area contributed by atoms with Crippen LogP contribution in [0, 0.1) is 0 Å². The Morgan fingerprint density at radius 1 is 1.50 bits per heavy atom. The monoisotopic (exact) mass is 146 g/mol. The molecule has 0 fully saturated rings. The Morgan fingerprint density at radius 3 is 2.50 bits per heavy atom. The van der Waals surface area contributed by atoms with Crippen LogP contribution in [0.25, 0.3) is 0 Å². The van der Waals surface area contributed by atoms with Crippen molar-refractivity contribution < 1.29 is 23.9 Å². The quantitative estimate of drug-likeness (QED) is 0.219. The van der Waals surface area contributed by atoms with Crippen LogP contribution < -0.4 is 0 Å². The van der Waals surface area contributed by atoms with Gasteiger partial charge in [-0.1, -0.05) is 0 Å². The zero-order valence-electron chi connectivity index (χ0n) is 5.33. The number of esters is 2. The number of hydrogen-bond acceptors (Lipinski definition) is 5. The standard InChI is InChI=1S/C5H6O5/c1-9-3-5(8)10-4(7)2-6/h2H,3H2,1H3. The minimum absolute atomic E-state index is 0.0897. The number of aldehydes is 1. The summed E-state index contributed by atoms with van der Waals surface area (Å²) in [6.07, 6.45) is -0.0897. The highest BCUT2D eigenvalue weighted by molar-refractivity contribution is 6.22. The Kier molecular flexibility index (Phi) is 4.06. The third kappa shape index (κ3) is 3.73. The lowest BCUT2D eigenvalue weighted by Crippen LogP contribution is -2.16. The Morgan fingerprint density at radius 2 is 2.10 bits per heavy atom. The first-order valence-electron chi connectivity index (χ1n) is 2.39. The average Bonchev–Trinajstić information content (AvgIpc) is 1.88. The van der Waals surface area contributed by atoms with Gasteiger partial charge >= 0.3 is 11.9 Å². The van der Waals surface area contributed by atoms with E-state index in [1.807, 2.05) is 0 Å². The third-order valence-electron chi connectivity index (χ3n) is 0.573. The Balaban J connectivity index is 3.57. The van der Waals surface area contributed by atoms with E-state index in [-0.39, 0.29) is 12.9 Å². The number of methoxy groups -OCH3 is 1. The van der Waals surface area contributed by atoms with Gasteiger partial charge in [-0.15, -0.1) is 0 Å². The molecular weight excluding hydrogens is 140 g/mol. The van der Waals surface area contributed by atoms with Crippen molar-refractivity contribution in [2.24, 2.45) is 0 Å². The second kappa shape index (κ2) is 4.63. The molecule has 0 aromatic rings. The number of carbonyl (C=O) groups excluding carboxylic acids is 3. The van der Waals surface area contributed by atoms with E-state index in [0.29, 0.717) is 0 Å². The molecule has 5 nitrogen and oxygen atoms in total. The first kappa shape index (κ1) is 8.77. The lowest BCUT2D eigenvalue weighted by molar-refractivity contribution is -0.163. The summed E-state index contributed by atoms with van der Waals surface area (Å²) in [7, 11) is 1.27. The summed E-state index contributed by atoms with van der Waals surface area (Å²) in [5, 5.41) is 0. The van der Waals surface area contributed by atoms with Gasteiger partial charge in [0, 0.05) is 7.11 Å². The molecule has 0 saturated carbocycles. The molecular formula is C5H6O5. The van der Waals surface area contributed by atoms with Gasteiger partial charge in [-0.3, -0.25) is 4.79 Å². The molecule has 0 rings (SSSR count). The van der Waals surface area contributed by atoms with E-state index in [0.717, 1.165) is 0 Å². The molecule has 0 aromatic carbocycles. The van der Waals surface area contributed by atoms with Gasteiger partial charge in [-0.2, -0.15) is 0 Å². The molecule has 0 N–H and O–H groups in total. The smallest absolute Gasteiger partial charge is 0.379 e. The highest BCUT2D eigenvalue weighted by atomic mass is 16.6. The molecule has 0 unspecified atom stereocenters. The van der Waals surface area contributed by atoms with Gasteiger partial charge < -0.3 is 9.47 Å². The number of ether oxygens (including phenoxy) is 2. The Labute approximate surface area is 56.9 Å². The van der Waals surface area contributed by atoms with Gasteiger partial charge in [0.05, 0.1) is 0 Å². The third-order valence-corrected chi connectivity index (χ3v) is 0.573. The second-order valence-corrected chi connectivity index (χ2v) is 1.34. The summed E-state index contributed by atoms with van der Waals surface area (Å²) in [4.78, 5) is 29.9.